The Balaban J connectivity index is 2.20. The van der Waals surface area contributed by atoms with E-state index in [2.05, 4.69) is 21.2 Å². The molecule has 5 heteroatoms. The molecule has 0 fully saturated rings. The molecule has 0 radical (unpaired) electrons. The Morgan fingerprint density at radius 2 is 1.85 bits per heavy atom. The second-order valence-corrected chi connectivity index (χ2v) is 5.27. The van der Waals surface area contributed by atoms with Gasteiger partial charge < -0.3 is 5.32 Å². The Bertz CT molecular complexity index is 670. The molecule has 2 aromatic carbocycles. The minimum absolute atomic E-state index is 0.156. The molecule has 20 heavy (non-hydrogen) atoms. The number of nitrogens with one attached hydrogen (secondary N) is 1. The topological polar surface area (TPSA) is 35.8 Å². The number of rotatable bonds is 3. The van der Waals surface area contributed by atoms with Gasteiger partial charge >= 0.3 is 0 Å². The molecule has 0 bridgehead atoms. The summed E-state index contributed by atoms with van der Waals surface area (Å²) in [4.78, 5) is 0. The normalized spacial score (nSPS) is 10.2. The third-order valence-corrected chi connectivity index (χ3v) is 3.39. The molecule has 0 heterocycles. The molecule has 0 amide bonds. The smallest absolute Gasteiger partial charge is 0.150 e. The summed E-state index contributed by atoms with van der Waals surface area (Å²) in [5.74, 6) is -1.30. The van der Waals surface area contributed by atoms with Crippen LogP contribution < -0.4 is 5.32 Å². The van der Waals surface area contributed by atoms with Crippen LogP contribution in [0.2, 0.25) is 0 Å². The SMILES string of the molecule is Cc1cc(C#N)ccc1CNc1c(F)cc(Br)cc1F. The van der Waals surface area contributed by atoms with Gasteiger partial charge in [-0.05, 0) is 42.3 Å². The summed E-state index contributed by atoms with van der Waals surface area (Å²) in [5.41, 5.74) is 2.18. The Hall–Kier alpha value is -1.93. The van der Waals surface area contributed by atoms with Gasteiger partial charge in [-0.25, -0.2) is 8.78 Å². The van der Waals surface area contributed by atoms with Crippen molar-refractivity contribution in [2.45, 2.75) is 13.5 Å². The van der Waals surface area contributed by atoms with Crippen LogP contribution in [0.15, 0.2) is 34.8 Å². The minimum atomic E-state index is -0.650. The average molecular weight is 337 g/mol. The summed E-state index contributed by atoms with van der Waals surface area (Å²) < 4.78 is 27.7. The molecule has 0 aliphatic rings. The molecule has 0 atom stereocenters. The first-order valence-corrected chi connectivity index (χ1v) is 6.68. The fraction of sp³-hybridized carbons (Fsp3) is 0.133. The van der Waals surface area contributed by atoms with Crippen LogP contribution >= 0.6 is 15.9 Å². The van der Waals surface area contributed by atoms with Gasteiger partial charge in [0.15, 0.2) is 0 Å². The van der Waals surface area contributed by atoms with Crippen LogP contribution in [0.25, 0.3) is 0 Å². The van der Waals surface area contributed by atoms with Gasteiger partial charge in [0, 0.05) is 11.0 Å². The molecule has 102 valence electrons. The van der Waals surface area contributed by atoms with Crippen molar-refractivity contribution in [1.82, 2.24) is 0 Å². The number of anilines is 1. The van der Waals surface area contributed by atoms with E-state index in [4.69, 9.17) is 5.26 Å². The Labute approximate surface area is 124 Å². The van der Waals surface area contributed by atoms with E-state index >= 15 is 0 Å². The van der Waals surface area contributed by atoms with Crippen LogP contribution in [-0.2, 0) is 6.54 Å². The van der Waals surface area contributed by atoms with Gasteiger partial charge in [0.05, 0.1) is 11.6 Å². The van der Waals surface area contributed by atoms with E-state index < -0.39 is 11.6 Å². The van der Waals surface area contributed by atoms with Crippen molar-refractivity contribution in [2.75, 3.05) is 5.32 Å². The number of hydrogen-bond donors (Lipinski definition) is 1. The molecular weight excluding hydrogens is 326 g/mol. The predicted octanol–water partition coefficient (Wildman–Crippen LogP) is 4.52. The van der Waals surface area contributed by atoms with Crippen LogP contribution in [0.4, 0.5) is 14.5 Å². The fourth-order valence-corrected chi connectivity index (χ4v) is 2.26. The van der Waals surface area contributed by atoms with Gasteiger partial charge in [-0.3, -0.25) is 0 Å². The minimum Gasteiger partial charge on any atom is -0.376 e. The highest BCUT2D eigenvalue weighted by Crippen LogP contribution is 2.24. The van der Waals surface area contributed by atoms with Crippen LogP contribution in [0.3, 0.4) is 0 Å². The number of benzene rings is 2. The maximum Gasteiger partial charge on any atom is 0.150 e. The number of aryl methyl sites for hydroxylation is 1. The second kappa shape index (κ2) is 6.02. The number of nitriles is 1. The first-order valence-electron chi connectivity index (χ1n) is 5.89. The van der Waals surface area contributed by atoms with Crippen LogP contribution in [0.1, 0.15) is 16.7 Å². The first-order chi connectivity index (χ1) is 9.51. The highest BCUT2D eigenvalue weighted by molar-refractivity contribution is 9.10. The molecule has 0 saturated carbocycles. The molecule has 0 spiro atoms. The van der Waals surface area contributed by atoms with Crippen LogP contribution in [-0.4, -0.2) is 0 Å². The van der Waals surface area contributed by atoms with Gasteiger partial charge in [0.2, 0.25) is 0 Å². The maximum absolute atomic E-state index is 13.7. The van der Waals surface area contributed by atoms with E-state index in [0.29, 0.717) is 10.0 Å². The van der Waals surface area contributed by atoms with Gasteiger partial charge in [0.25, 0.3) is 0 Å². The molecule has 2 nitrogen and oxygen atoms in total. The van der Waals surface area contributed by atoms with Crippen LogP contribution in [0.5, 0.6) is 0 Å². The first kappa shape index (κ1) is 14.5. The van der Waals surface area contributed by atoms with Gasteiger partial charge in [-0.2, -0.15) is 5.26 Å². The molecule has 1 N–H and O–H groups in total. The highest BCUT2D eigenvalue weighted by atomic mass is 79.9. The van der Waals surface area contributed by atoms with E-state index in [1.165, 1.54) is 12.1 Å². The van der Waals surface area contributed by atoms with Crippen LogP contribution in [0, 0.1) is 29.9 Å². The van der Waals surface area contributed by atoms with E-state index in [0.717, 1.165) is 11.1 Å². The monoisotopic (exact) mass is 336 g/mol. The van der Waals surface area contributed by atoms with Gasteiger partial charge in [-0.1, -0.05) is 22.0 Å². The molecule has 0 aliphatic heterocycles. The van der Waals surface area contributed by atoms with E-state index in [9.17, 15) is 8.78 Å². The third kappa shape index (κ3) is 3.14. The summed E-state index contributed by atoms with van der Waals surface area (Å²) in [6.45, 7) is 2.14. The lowest BCUT2D eigenvalue weighted by Crippen LogP contribution is -2.05. The number of hydrogen-bond acceptors (Lipinski definition) is 2. The van der Waals surface area contributed by atoms with Crippen molar-refractivity contribution < 1.29 is 8.78 Å². The van der Waals surface area contributed by atoms with Crippen molar-refractivity contribution >= 4 is 21.6 Å². The number of halogens is 3. The zero-order chi connectivity index (χ0) is 14.7. The van der Waals surface area contributed by atoms with Gasteiger partial charge in [-0.15, -0.1) is 0 Å². The quantitative estimate of drug-likeness (QED) is 0.894. The third-order valence-electron chi connectivity index (χ3n) is 2.93. The Morgan fingerprint density at radius 3 is 2.40 bits per heavy atom. The lowest BCUT2D eigenvalue weighted by Gasteiger charge is -2.11. The van der Waals surface area contributed by atoms with Crippen molar-refractivity contribution in [3.05, 3.63) is 63.1 Å². The molecule has 0 saturated heterocycles. The average Bonchev–Trinajstić information content (AvgIpc) is 2.39. The molecular formula is C15H11BrF2N2. The largest absolute Gasteiger partial charge is 0.376 e. The predicted molar refractivity (Wildman–Crippen MR) is 77.3 cm³/mol. The van der Waals surface area contributed by atoms with Crippen molar-refractivity contribution in [2.24, 2.45) is 0 Å². The van der Waals surface area contributed by atoms with E-state index in [-0.39, 0.29) is 12.2 Å². The molecule has 2 aromatic rings. The second-order valence-electron chi connectivity index (χ2n) is 4.35. The van der Waals surface area contributed by atoms with Gasteiger partial charge in [0.1, 0.15) is 17.3 Å². The Morgan fingerprint density at radius 1 is 1.20 bits per heavy atom. The van der Waals surface area contributed by atoms with E-state index in [1.54, 1.807) is 18.2 Å². The molecule has 0 unspecified atom stereocenters. The maximum atomic E-state index is 13.7. The zero-order valence-electron chi connectivity index (χ0n) is 10.7. The standard InChI is InChI=1S/C15H11BrF2N2/c1-9-4-10(7-19)2-3-11(9)8-20-15-13(17)5-12(16)6-14(15)18/h2-6,20H,8H2,1H3. The van der Waals surface area contributed by atoms with E-state index in [1.807, 2.05) is 13.0 Å². The molecule has 0 aliphatic carbocycles. The highest BCUT2D eigenvalue weighted by Gasteiger charge is 2.10. The molecule has 0 aromatic heterocycles. The van der Waals surface area contributed by atoms with Crippen molar-refractivity contribution in [1.29, 1.82) is 5.26 Å². The lowest BCUT2D eigenvalue weighted by molar-refractivity contribution is 0.586. The van der Waals surface area contributed by atoms with Crippen molar-refractivity contribution in [3.8, 4) is 6.07 Å². The fourth-order valence-electron chi connectivity index (χ4n) is 1.86. The summed E-state index contributed by atoms with van der Waals surface area (Å²) in [7, 11) is 0. The molecule has 2 rings (SSSR count). The summed E-state index contributed by atoms with van der Waals surface area (Å²) in [5, 5.41) is 11.5. The summed E-state index contributed by atoms with van der Waals surface area (Å²) in [6.07, 6.45) is 0. The zero-order valence-corrected chi connectivity index (χ0v) is 12.3. The Kier molecular flexibility index (Phi) is 4.35. The number of nitrogens with zero attached hydrogens (tertiary/aromatic N) is 1. The van der Waals surface area contributed by atoms with Crippen molar-refractivity contribution in [3.63, 3.8) is 0 Å². The summed E-state index contributed by atoms with van der Waals surface area (Å²) >= 11 is 3.03. The summed E-state index contributed by atoms with van der Waals surface area (Å²) in [6, 6.07) is 9.65. The lowest BCUT2D eigenvalue weighted by atomic mass is 10.1.